The second kappa shape index (κ2) is 6.11. The molecule has 0 unspecified atom stereocenters. The minimum Gasteiger partial charge on any atom is -0.388 e. The highest BCUT2D eigenvalue weighted by molar-refractivity contribution is 7.89. The van der Waals surface area contributed by atoms with Gasteiger partial charge in [0.15, 0.2) is 0 Å². The van der Waals surface area contributed by atoms with Crippen LogP contribution in [0.1, 0.15) is 12.8 Å². The van der Waals surface area contributed by atoms with Crippen molar-refractivity contribution in [1.29, 1.82) is 0 Å². The first kappa shape index (κ1) is 15.3. The van der Waals surface area contributed by atoms with E-state index in [2.05, 4.69) is 10.2 Å². The molecule has 5 nitrogen and oxygen atoms in total. The molecule has 1 heterocycles. The quantitative estimate of drug-likeness (QED) is 0.914. The molecule has 20 heavy (non-hydrogen) atoms. The van der Waals surface area contributed by atoms with Crippen molar-refractivity contribution < 1.29 is 8.42 Å². The fraction of sp³-hybridized carbons (Fsp3) is 0.571. The normalized spacial score (nSPS) is 18.4. The molecule has 0 atom stereocenters. The summed E-state index contributed by atoms with van der Waals surface area (Å²) in [5.41, 5.74) is 0.912. The Morgan fingerprint density at radius 3 is 2.15 bits per heavy atom. The van der Waals surface area contributed by atoms with E-state index in [4.69, 9.17) is 0 Å². The van der Waals surface area contributed by atoms with E-state index in [1.807, 2.05) is 21.1 Å². The summed E-state index contributed by atoms with van der Waals surface area (Å²) in [6.07, 6.45) is 1.78. The van der Waals surface area contributed by atoms with E-state index in [0.717, 1.165) is 18.5 Å². The van der Waals surface area contributed by atoms with Crippen molar-refractivity contribution in [2.45, 2.75) is 23.8 Å². The maximum absolute atomic E-state index is 12.6. The smallest absolute Gasteiger partial charge is 0.243 e. The molecule has 0 spiro atoms. The summed E-state index contributed by atoms with van der Waals surface area (Å²) >= 11 is 0. The average molecular weight is 297 g/mol. The standard InChI is InChI=1S/C14H23N3O2S/c1-15-12-4-6-14(7-5-12)20(18,19)17-10-8-13(9-11-17)16(2)3/h4-7,13,15H,8-11H2,1-3H3. The Labute approximate surface area is 121 Å². The summed E-state index contributed by atoms with van der Waals surface area (Å²) in [6.45, 7) is 1.19. The minimum absolute atomic E-state index is 0.375. The fourth-order valence-corrected chi connectivity index (χ4v) is 4.01. The molecular formula is C14H23N3O2S. The number of piperidine rings is 1. The van der Waals surface area contributed by atoms with Crippen molar-refractivity contribution in [3.8, 4) is 0 Å². The van der Waals surface area contributed by atoms with Gasteiger partial charge in [0.25, 0.3) is 0 Å². The van der Waals surface area contributed by atoms with Gasteiger partial charge in [0.05, 0.1) is 4.90 Å². The molecule has 1 aromatic rings. The lowest BCUT2D eigenvalue weighted by Crippen LogP contribution is -2.44. The average Bonchev–Trinajstić information content (AvgIpc) is 2.47. The number of rotatable bonds is 4. The zero-order valence-electron chi connectivity index (χ0n) is 12.3. The van der Waals surface area contributed by atoms with E-state index < -0.39 is 10.0 Å². The summed E-state index contributed by atoms with van der Waals surface area (Å²) in [5.74, 6) is 0. The number of hydrogen-bond donors (Lipinski definition) is 1. The number of sulfonamides is 1. The molecule has 1 aromatic carbocycles. The Morgan fingerprint density at radius 1 is 1.15 bits per heavy atom. The van der Waals surface area contributed by atoms with E-state index in [9.17, 15) is 8.42 Å². The molecule has 0 radical (unpaired) electrons. The molecule has 0 aromatic heterocycles. The van der Waals surface area contributed by atoms with Gasteiger partial charge in [-0.25, -0.2) is 8.42 Å². The molecule has 1 aliphatic rings. The lowest BCUT2D eigenvalue weighted by atomic mass is 10.1. The number of nitrogens with one attached hydrogen (secondary N) is 1. The van der Waals surface area contributed by atoms with E-state index >= 15 is 0 Å². The van der Waals surface area contributed by atoms with Crippen molar-refractivity contribution in [2.24, 2.45) is 0 Å². The first-order chi connectivity index (χ1) is 9.45. The summed E-state index contributed by atoms with van der Waals surface area (Å²) in [4.78, 5) is 2.55. The Hall–Kier alpha value is -1.11. The maximum atomic E-state index is 12.6. The van der Waals surface area contributed by atoms with Crippen molar-refractivity contribution in [2.75, 3.05) is 39.5 Å². The third-order valence-electron chi connectivity index (χ3n) is 3.93. The highest BCUT2D eigenvalue weighted by atomic mass is 32.2. The van der Waals surface area contributed by atoms with Gasteiger partial charge in [-0.2, -0.15) is 4.31 Å². The lowest BCUT2D eigenvalue weighted by molar-refractivity contribution is 0.196. The van der Waals surface area contributed by atoms with Gasteiger partial charge in [0.1, 0.15) is 0 Å². The molecular weight excluding hydrogens is 274 g/mol. The van der Waals surface area contributed by atoms with Crippen molar-refractivity contribution >= 4 is 15.7 Å². The molecule has 1 saturated heterocycles. The summed E-state index contributed by atoms with van der Waals surface area (Å²) in [7, 11) is 2.56. The molecule has 1 N–H and O–H groups in total. The Bertz CT molecular complexity index is 532. The zero-order chi connectivity index (χ0) is 14.8. The van der Waals surface area contributed by atoms with Gasteiger partial charge in [-0.15, -0.1) is 0 Å². The van der Waals surface area contributed by atoms with Gasteiger partial charge in [0.2, 0.25) is 10.0 Å². The van der Waals surface area contributed by atoms with Gasteiger partial charge in [-0.1, -0.05) is 0 Å². The third-order valence-corrected chi connectivity index (χ3v) is 5.85. The Balaban J connectivity index is 2.11. The fourth-order valence-electron chi connectivity index (χ4n) is 2.54. The van der Waals surface area contributed by atoms with Gasteiger partial charge in [-0.3, -0.25) is 0 Å². The van der Waals surface area contributed by atoms with Crippen LogP contribution in [0.4, 0.5) is 5.69 Å². The van der Waals surface area contributed by atoms with E-state index in [-0.39, 0.29) is 0 Å². The number of hydrogen-bond acceptors (Lipinski definition) is 4. The van der Waals surface area contributed by atoms with E-state index in [1.54, 1.807) is 28.6 Å². The second-order valence-electron chi connectivity index (χ2n) is 5.37. The van der Waals surface area contributed by atoms with Crippen LogP contribution in [0.25, 0.3) is 0 Å². The molecule has 6 heteroatoms. The van der Waals surface area contributed by atoms with Crippen LogP contribution in [0.2, 0.25) is 0 Å². The van der Waals surface area contributed by atoms with Gasteiger partial charge >= 0.3 is 0 Å². The molecule has 1 aliphatic heterocycles. The molecule has 0 bridgehead atoms. The predicted octanol–water partition coefficient (Wildman–Crippen LogP) is 1.44. The highest BCUT2D eigenvalue weighted by Crippen LogP contribution is 2.23. The van der Waals surface area contributed by atoms with Crippen molar-refractivity contribution in [3.63, 3.8) is 0 Å². The van der Waals surface area contributed by atoms with Crippen LogP contribution >= 0.6 is 0 Å². The SMILES string of the molecule is CNc1ccc(S(=O)(=O)N2CCC(N(C)C)CC2)cc1. The van der Waals surface area contributed by atoms with Gasteiger partial charge < -0.3 is 10.2 Å². The van der Waals surface area contributed by atoms with Crippen LogP contribution in [0.3, 0.4) is 0 Å². The lowest BCUT2D eigenvalue weighted by Gasteiger charge is -2.34. The zero-order valence-corrected chi connectivity index (χ0v) is 13.2. The third kappa shape index (κ3) is 3.13. The van der Waals surface area contributed by atoms with Crippen molar-refractivity contribution in [3.05, 3.63) is 24.3 Å². The van der Waals surface area contributed by atoms with Gasteiger partial charge in [0, 0.05) is 31.9 Å². The first-order valence-corrected chi connectivity index (χ1v) is 8.33. The molecule has 1 fully saturated rings. The number of benzene rings is 1. The second-order valence-corrected chi connectivity index (χ2v) is 7.31. The molecule has 2 rings (SSSR count). The highest BCUT2D eigenvalue weighted by Gasteiger charge is 2.29. The van der Waals surface area contributed by atoms with E-state index in [0.29, 0.717) is 24.0 Å². The van der Waals surface area contributed by atoms with Crippen LogP contribution in [0.5, 0.6) is 0 Å². The summed E-state index contributed by atoms with van der Waals surface area (Å²) in [6, 6.07) is 7.39. The van der Waals surface area contributed by atoms with Crippen molar-refractivity contribution in [1.82, 2.24) is 9.21 Å². The molecule has 0 amide bonds. The van der Waals surface area contributed by atoms with E-state index in [1.165, 1.54) is 0 Å². The monoisotopic (exact) mass is 297 g/mol. The van der Waals surface area contributed by atoms with Crippen LogP contribution in [-0.4, -0.2) is 57.9 Å². The number of nitrogens with zero attached hydrogens (tertiary/aromatic N) is 2. The van der Waals surface area contributed by atoms with Gasteiger partial charge in [-0.05, 0) is 51.2 Å². The first-order valence-electron chi connectivity index (χ1n) is 6.89. The van der Waals surface area contributed by atoms with Crippen LogP contribution < -0.4 is 5.32 Å². The minimum atomic E-state index is -3.35. The topological polar surface area (TPSA) is 52.7 Å². The van der Waals surface area contributed by atoms with Crippen LogP contribution in [-0.2, 0) is 10.0 Å². The summed E-state index contributed by atoms with van der Waals surface area (Å²) in [5, 5.41) is 2.99. The van der Waals surface area contributed by atoms with Crippen LogP contribution in [0.15, 0.2) is 29.2 Å². The molecule has 112 valence electrons. The Morgan fingerprint density at radius 2 is 1.70 bits per heavy atom. The molecule has 0 aliphatic carbocycles. The summed E-state index contributed by atoms with van der Waals surface area (Å²) < 4.78 is 26.7. The maximum Gasteiger partial charge on any atom is 0.243 e. The largest absolute Gasteiger partial charge is 0.388 e. The van der Waals surface area contributed by atoms with Crippen LogP contribution in [0, 0.1) is 0 Å². The molecule has 0 saturated carbocycles. The predicted molar refractivity (Wildman–Crippen MR) is 81.5 cm³/mol. The number of anilines is 1. The Kier molecular flexibility index (Phi) is 4.67.